The molecular weight excluding hydrogens is 915 g/mol. The Labute approximate surface area is 418 Å². The van der Waals surface area contributed by atoms with Crippen LogP contribution in [0.2, 0.25) is 0 Å². The molecular formula is C66H37N3OS2. The first-order valence-electron chi connectivity index (χ1n) is 24.5. The van der Waals surface area contributed by atoms with Crippen LogP contribution in [0.25, 0.3) is 156 Å². The van der Waals surface area contributed by atoms with E-state index in [2.05, 4.69) is 238 Å². The molecule has 6 aromatic heterocycles. The Hall–Kier alpha value is -8.94. The smallest absolute Gasteiger partial charge is 0.145 e. The fourth-order valence-corrected chi connectivity index (χ4v) is 14.5. The van der Waals surface area contributed by atoms with Gasteiger partial charge >= 0.3 is 0 Å². The Morgan fingerprint density at radius 3 is 1.29 bits per heavy atom. The van der Waals surface area contributed by atoms with E-state index in [0.29, 0.717) is 0 Å². The molecule has 72 heavy (non-hydrogen) atoms. The van der Waals surface area contributed by atoms with E-state index in [1.807, 2.05) is 22.7 Å². The predicted octanol–water partition coefficient (Wildman–Crippen LogP) is 19.3. The fraction of sp³-hybridized carbons (Fsp3) is 0. The van der Waals surface area contributed by atoms with E-state index in [1.54, 1.807) is 0 Å². The summed E-state index contributed by atoms with van der Waals surface area (Å²) < 4.78 is 20.0. The van der Waals surface area contributed by atoms with E-state index in [-0.39, 0.29) is 0 Å². The van der Waals surface area contributed by atoms with Crippen molar-refractivity contribution in [1.29, 1.82) is 0 Å². The normalized spacial score (nSPS) is 12.4. The average Bonchev–Trinajstić information content (AvgIpc) is 4.29. The van der Waals surface area contributed by atoms with Gasteiger partial charge in [0.05, 0.1) is 43.9 Å². The van der Waals surface area contributed by atoms with Gasteiger partial charge in [-0.1, -0.05) is 103 Å². The molecule has 4 nitrogen and oxygen atoms in total. The van der Waals surface area contributed by atoms with Gasteiger partial charge in [0, 0.05) is 89.7 Å². The summed E-state index contributed by atoms with van der Waals surface area (Å²) in [5, 5.41) is 14.4. The minimum atomic E-state index is 0.905. The second-order valence-electron chi connectivity index (χ2n) is 19.2. The van der Waals surface area contributed by atoms with Crippen molar-refractivity contribution < 1.29 is 4.42 Å². The molecule has 0 spiro atoms. The molecule has 17 aromatic rings. The molecule has 0 radical (unpaired) electrons. The van der Waals surface area contributed by atoms with Gasteiger partial charge < -0.3 is 18.1 Å². The van der Waals surface area contributed by atoms with Crippen LogP contribution in [0.3, 0.4) is 0 Å². The molecule has 0 fully saturated rings. The first-order chi connectivity index (χ1) is 35.7. The summed E-state index contributed by atoms with van der Waals surface area (Å²) in [6.07, 6.45) is 0. The van der Waals surface area contributed by atoms with Crippen LogP contribution < -0.4 is 0 Å². The number of rotatable bonds is 4. The molecule has 6 heteroatoms. The lowest BCUT2D eigenvalue weighted by molar-refractivity contribution is 0.677. The van der Waals surface area contributed by atoms with Crippen LogP contribution in [0.4, 0.5) is 0 Å². The number of hydrogen-bond donors (Lipinski definition) is 0. The molecule has 0 amide bonds. The molecule has 0 atom stereocenters. The van der Waals surface area contributed by atoms with Crippen molar-refractivity contribution in [3.05, 3.63) is 224 Å². The van der Waals surface area contributed by atoms with E-state index in [4.69, 9.17) is 4.42 Å². The quantitative estimate of drug-likeness (QED) is 0.173. The Bertz CT molecular complexity index is 5170. The minimum Gasteiger partial charge on any atom is -0.455 e. The van der Waals surface area contributed by atoms with Gasteiger partial charge in [0.2, 0.25) is 0 Å². The zero-order valence-corrected chi connectivity index (χ0v) is 40.1. The van der Waals surface area contributed by atoms with Crippen LogP contribution >= 0.6 is 22.7 Å². The molecule has 0 aliphatic heterocycles. The highest BCUT2D eigenvalue weighted by molar-refractivity contribution is 7.26. The van der Waals surface area contributed by atoms with Crippen molar-refractivity contribution in [2.45, 2.75) is 0 Å². The van der Waals surface area contributed by atoms with Crippen molar-refractivity contribution in [2.75, 3.05) is 0 Å². The van der Waals surface area contributed by atoms with Gasteiger partial charge in [-0.05, 0) is 132 Å². The summed E-state index contributed by atoms with van der Waals surface area (Å²) in [7, 11) is 0. The van der Waals surface area contributed by atoms with Crippen LogP contribution in [0.5, 0.6) is 0 Å². The van der Waals surface area contributed by atoms with E-state index in [0.717, 1.165) is 82.8 Å². The molecule has 0 bridgehead atoms. The number of hydrogen-bond acceptors (Lipinski definition) is 3. The Morgan fingerprint density at radius 1 is 0.250 bits per heavy atom. The maximum atomic E-state index is 7.49. The summed E-state index contributed by atoms with van der Waals surface area (Å²) in [5.41, 5.74) is 14.5. The maximum absolute atomic E-state index is 7.49. The van der Waals surface area contributed by atoms with Crippen molar-refractivity contribution in [3.63, 3.8) is 0 Å². The number of aromatic nitrogens is 3. The highest BCUT2D eigenvalue weighted by Gasteiger charge is 2.24. The summed E-state index contributed by atoms with van der Waals surface area (Å²) >= 11 is 3.71. The molecule has 6 heterocycles. The van der Waals surface area contributed by atoms with Crippen molar-refractivity contribution >= 4 is 150 Å². The Morgan fingerprint density at radius 2 is 0.681 bits per heavy atom. The fourth-order valence-electron chi connectivity index (χ4n) is 12.3. The average molecular weight is 952 g/mol. The predicted molar refractivity (Wildman–Crippen MR) is 308 cm³/mol. The van der Waals surface area contributed by atoms with Crippen molar-refractivity contribution in [2.24, 2.45) is 0 Å². The van der Waals surface area contributed by atoms with Gasteiger partial charge in [-0.3, -0.25) is 0 Å². The van der Waals surface area contributed by atoms with E-state index in [9.17, 15) is 0 Å². The first kappa shape index (κ1) is 38.9. The minimum absolute atomic E-state index is 0.905. The standard InChI is InChI=1S/C66H37N3OS2/c1-2-12-40(13-3-1)67-53-18-8-4-14-43(53)49-34-38(22-28-55(49)67)39-23-29-56-52(35-39)64-58(69(56)42-25-33-62-51(37-42)45-16-7-11-21-60(45)72-62)31-27-47-46-26-30-57-63(65(46)70-66(47)64)48-17-5-9-19-54(48)68(57)41-24-32-61-50(36-41)44-15-6-10-20-59(44)71-61/h1-37H. The third-order valence-electron chi connectivity index (χ3n) is 15.4. The van der Waals surface area contributed by atoms with Crippen LogP contribution in [-0.2, 0) is 0 Å². The molecule has 17 rings (SSSR count). The van der Waals surface area contributed by atoms with Gasteiger partial charge in [0.1, 0.15) is 11.2 Å². The van der Waals surface area contributed by atoms with Gasteiger partial charge in [-0.2, -0.15) is 0 Å². The summed E-state index contributed by atoms with van der Waals surface area (Å²) in [4.78, 5) is 0. The SMILES string of the molecule is c1ccc(-n2c3ccccc3c3cc(-c4ccc5c(c4)c4c6oc7c(ccc8c7c7ccccc7n8-c7ccc8sc9ccccc9c8c7)c6ccc4n5-c4ccc5sc6ccccc6c5c4)ccc32)cc1. The number of fused-ring (bicyclic) bond motifs is 20. The third kappa shape index (κ3) is 5.24. The molecule has 11 aromatic carbocycles. The highest BCUT2D eigenvalue weighted by Crippen LogP contribution is 2.47. The first-order valence-corrected chi connectivity index (χ1v) is 26.1. The van der Waals surface area contributed by atoms with E-state index < -0.39 is 0 Å². The lowest BCUT2D eigenvalue weighted by atomic mass is 10.00. The van der Waals surface area contributed by atoms with Gasteiger partial charge in [-0.25, -0.2) is 0 Å². The topological polar surface area (TPSA) is 27.9 Å². The summed E-state index contributed by atoms with van der Waals surface area (Å²) in [5.74, 6) is 0. The van der Waals surface area contributed by atoms with Crippen LogP contribution in [0, 0.1) is 0 Å². The molecule has 0 saturated carbocycles. The number of nitrogens with zero attached hydrogens (tertiary/aromatic N) is 3. The highest BCUT2D eigenvalue weighted by atomic mass is 32.1. The number of furan rings is 1. The third-order valence-corrected chi connectivity index (χ3v) is 17.7. The zero-order chi connectivity index (χ0) is 46.8. The second kappa shape index (κ2) is 14.3. The lowest BCUT2D eigenvalue weighted by Gasteiger charge is -2.10. The number of para-hydroxylation sites is 3. The molecule has 0 saturated heterocycles. The number of benzene rings is 11. The van der Waals surface area contributed by atoms with E-state index in [1.165, 1.54) is 73.1 Å². The van der Waals surface area contributed by atoms with Gasteiger partial charge in [0.25, 0.3) is 0 Å². The van der Waals surface area contributed by atoms with Crippen LogP contribution in [0.15, 0.2) is 229 Å². The van der Waals surface area contributed by atoms with Crippen molar-refractivity contribution in [3.8, 4) is 28.2 Å². The van der Waals surface area contributed by atoms with Gasteiger partial charge in [-0.15, -0.1) is 22.7 Å². The summed E-state index contributed by atoms with van der Waals surface area (Å²) in [6.45, 7) is 0. The molecule has 0 unspecified atom stereocenters. The molecule has 0 aliphatic rings. The number of thiophene rings is 2. The molecule has 0 N–H and O–H groups in total. The summed E-state index contributed by atoms with van der Waals surface area (Å²) in [6, 6.07) is 82.9. The maximum Gasteiger partial charge on any atom is 0.145 e. The second-order valence-corrected chi connectivity index (χ2v) is 21.3. The van der Waals surface area contributed by atoms with E-state index >= 15 is 0 Å². The lowest BCUT2D eigenvalue weighted by Crippen LogP contribution is -1.93. The zero-order valence-electron chi connectivity index (χ0n) is 38.4. The largest absolute Gasteiger partial charge is 0.455 e. The van der Waals surface area contributed by atoms with Crippen LogP contribution in [0.1, 0.15) is 0 Å². The van der Waals surface area contributed by atoms with Crippen LogP contribution in [-0.4, -0.2) is 13.7 Å². The van der Waals surface area contributed by atoms with Crippen molar-refractivity contribution in [1.82, 2.24) is 13.7 Å². The molecule has 0 aliphatic carbocycles. The van der Waals surface area contributed by atoms with Gasteiger partial charge in [0.15, 0.2) is 0 Å². The molecule has 334 valence electrons. The Kier molecular flexibility index (Phi) is 7.73. The Balaban J connectivity index is 0.935. The monoisotopic (exact) mass is 951 g/mol.